The van der Waals surface area contributed by atoms with E-state index in [2.05, 4.69) is 22.9 Å². The largest absolute Gasteiger partial charge is 0.466 e. The molecule has 1 heterocycles. The molecule has 0 radical (unpaired) electrons. The third kappa shape index (κ3) is 2.47. The molecule has 0 saturated heterocycles. The lowest BCUT2D eigenvalue weighted by Crippen LogP contribution is -1.95. The van der Waals surface area contributed by atoms with Gasteiger partial charge < -0.3 is 4.42 Å². The summed E-state index contributed by atoms with van der Waals surface area (Å²) in [4.78, 5) is 0.0599. The highest BCUT2D eigenvalue weighted by Gasteiger charge is 2.20. The Hall–Kier alpha value is -0.440. The zero-order chi connectivity index (χ0) is 13.4. The average molecular weight is 348 g/mol. The SMILES string of the molecule is Cc1oc(C)c(C(Br)c2ccc(Cl)c(Cl)c2)c1C. The van der Waals surface area contributed by atoms with Crippen LogP contribution in [0.1, 0.15) is 33.0 Å². The van der Waals surface area contributed by atoms with E-state index in [-0.39, 0.29) is 4.83 Å². The Labute approximate surface area is 125 Å². The van der Waals surface area contributed by atoms with Gasteiger partial charge in [-0.15, -0.1) is 0 Å². The van der Waals surface area contributed by atoms with Gasteiger partial charge in [-0.25, -0.2) is 0 Å². The zero-order valence-corrected chi connectivity index (χ0v) is 13.4. The van der Waals surface area contributed by atoms with Crippen LogP contribution < -0.4 is 0 Å². The van der Waals surface area contributed by atoms with Crippen molar-refractivity contribution in [2.45, 2.75) is 25.6 Å². The highest BCUT2D eigenvalue weighted by molar-refractivity contribution is 9.09. The quantitative estimate of drug-likeness (QED) is 0.607. The summed E-state index contributed by atoms with van der Waals surface area (Å²) in [5, 5.41) is 1.13. The summed E-state index contributed by atoms with van der Waals surface area (Å²) in [6, 6.07) is 5.66. The van der Waals surface area contributed by atoms with Crippen LogP contribution >= 0.6 is 39.1 Å². The number of aryl methyl sites for hydroxylation is 2. The van der Waals surface area contributed by atoms with Crippen LogP contribution in [-0.2, 0) is 0 Å². The second-order valence-electron chi connectivity index (χ2n) is 4.29. The number of alkyl halides is 1. The van der Waals surface area contributed by atoms with Crippen LogP contribution in [0.25, 0.3) is 0 Å². The molecule has 2 aromatic rings. The lowest BCUT2D eigenvalue weighted by Gasteiger charge is -2.12. The van der Waals surface area contributed by atoms with E-state index in [0.29, 0.717) is 10.0 Å². The fraction of sp³-hybridized carbons (Fsp3) is 0.286. The van der Waals surface area contributed by atoms with Crippen molar-refractivity contribution in [2.24, 2.45) is 0 Å². The van der Waals surface area contributed by atoms with Gasteiger partial charge in [0.15, 0.2) is 0 Å². The highest BCUT2D eigenvalue weighted by atomic mass is 79.9. The molecule has 0 spiro atoms. The minimum absolute atomic E-state index is 0.0599. The second kappa shape index (κ2) is 5.28. The first kappa shape index (κ1) is 14.0. The van der Waals surface area contributed by atoms with Gasteiger partial charge in [0, 0.05) is 5.56 Å². The van der Waals surface area contributed by atoms with E-state index in [1.165, 1.54) is 5.56 Å². The van der Waals surface area contributed by atoms with E-state index in [1.807, 2.05) is 32.0 Å². The van der Waals surface area contributed by atoms with Gasteiger partial charge in [-0.2, -0.15) is 0 Å². The number of benzene rings is 1. The van der Waals surface area contributed by atoms with Gasteiger partial charge in [0.05, 0.1) is 14.9 Å². The van der Waals surface area contributed by atoms with Crippen molar-refractivity contribution in [2.75, 3.05) is 0 Å². The lowest BCUT2D eigenvalue weighted by atomic mass is 10.0. The summed E-state index contributed by atoms with van der Waals surface area (Å²) >= 11 is 15.7. The van der Waals surface area contributed by atoms with Crippen molar-refractivity contribution in [3.05, 3.63) is 56.5 Å². The standard InChI is InChI=1S/C14H13BrCl2O/c1-7-8(2)18-9(3)13(7)14(15)10-4-5-11(16)12(17)6-10/h4-6,14H,1-3H3. The molecule has 18 heavy (non-hydrogen) atoms. The summed E-state index contributed by atoms with van der Waals surface area (Å²) in [5.41, 5.74) is 3.39. The van der Waals surface area contributed by atoms with Crippen molar-refractivity contribution in [1.82, 2.24) is 0 Å². The van der Waals surface area contributed by atoms with Crippen LogP contribution in [0.2, 0.25) is 10.0 Å². The third-order valence-electron chi connectivity index (χ3n) is 3.11. The minimum Gasteiger partial charge on any atom is -0.466 e. The van der Waals surface area contributed by atoms with E-state index in [0.717, 1.165) is 22.6 Å². The van der Waals surface area contributed by atoms with E-state index >= 15 is 0 Å². The minimum atomic E-state index is 0.0599. The van der Waals surface area contributed by atoms with Gasteiger partial charge in [-0.05, 0) is 44.0 Å². The molecule has 0 fully saturated rings. The predicted octanol–water partition coefficient (Wildman–Crippen LogP) is 6.00. The Kier molecular flexibility index (Phi) is 4.10. The summed E-state index contributed by atoms with van der Waals surface area (Å²) < 4.78 is 5.65. The Morgan fingerprint density at radius 2 is 1.72 bits per heavy atom. The summed E-state index contributed by atoms with van der Waals surface area (Å²) in [7, 11) is 0. The molecule has 1 atom stereocenters. The van der Waals surface area contributed by atoms with E-state index in [9.17, 15) is 0 Å². The summed E-state index contributed by atoms with van der Waals surface area (Å²) in [5.74, 6) is 1.88. The van der Waals surface area contributed by atoms with Crippen LogP contribution in [0.15, 0.2) is 22.6 Å². The third-order valence-corrected chi connectivity index (χ3v) is 4.83. The Balaban J connectivity index is 2.47. The van der Waals surface area contributed by atoms with Crippen molar-refractivity contribution in [3.8, 4) is 0 Å². The molecule has 0 saturated carbocycles. The Morgan fingerprint density at radius 1 is 1.06 bits per heavy atom. The van der Waals surface area contributed by atoms with Gasteiger partial charge in [-0.3, -0.25) is 0 Å². The van der Waals surface area contributed by atoms with Crippen molar-refractivity contribution in [3.63, 3.8) is 0 Å². The molecule has 1 nitrogen and oxygen atoms in total. The zero-order valence-electron chi connectivity index (χ0n) is 10.4. The van der Waals surface area contributed by atoms with Gasteiger partial charge in [0.25, 0.3) is 0 Å². The molecular weight excluding hydrogens is 335 g/mol. The number of hydrogen-bond donors (Lipinski definition) is 0. The molecule has 0 aliphatic heterocycles. The lowest BCUT2D eigenvalue weighted by molar-refractivity contribution is 0.500. The smallest absolute Gasteiger partial charge is 0.106 e. The molecule has 0 bridgehead atoms. The van der Waals surface area contributed by atoms with Crippen LogP contribution in [0, 0.1) is 20.8 Å². The van der Waals surface area contributed by atoms with E-state index < -0.39 is 0 Å². The number of halogens is 3. The van der Waals surface area contributed by atoms with Gasteiger partial charge in [0.1, 0.15) is 11.5 Å². The normalized spacial score (nSPS) is 12.8. The molecule has 0 aliphatic carbocycles. The predicted molar refractivity (Wildman–Crippen MR) is 80.2 cm³/mol. The first-order chi connectivity index (χ1) is 8.41. The van der Waals surface area contributed by atoms with Crippen LogP contribution in [0.5, 0.6) is 0 Å². The average Bonchev–Trinajstić information content (AvgIpc) is 2.56. The fourth-order valence-electron chi connectivity index (χ4n) is 2.02. The molecule has 2 rings (SSSR count). The molecule has 4 heteroatoms. The number of rotatable bonds is 2. The molecule has 0 amide bonds. The first-order valence-electron chi connectivity index (χ1n) is 5.57. The molecule has 1 aromatic heterocycles. The monoisotopic (exact) mass is 346 g/mol. The van der Waals surface area contributed by atoms with Gasteiger partial charge in [-0.1, -0.05) is 45.2 Å². The maximum atomic E-state index is 6.05. The van der Waals surface area contributed by atoms with Crippen LogP contribution in [-0.4, -0.2) is 0 Å². The summed E-state index contributed by atoms with van der Waals surface area (Å²) in [6.45, 7) is 6.01. The maximum Gasteiger partial charge on any atom is 0.106 e. The molecule has 1 unspecified atom stereocenters. The van der Waals surface area contributed by atoms with Gasteiger partial charge >= 0.3 is 0 Å². The van der Waals surface area contributed by atoms with Crippen LogP contribution in [0.4, 0.5) is 0 Å². The van der Waals surface area contributed by atoms with Crippen molar-refractivity contribution in [1.29, 1.82) is 0 Å². The second-order valence-corrected chi connectivity index (χ2v) is 6.02. The molecule has 0 N–H and O–H groups in total. The molecule has 0 aliphatic rings. The topological polar surface area (TPSA) is 13.1 Å². The van der Waals surface area contributed by atoms with Gasteiger partial charge in [0.2, 0.25) is 0 Å². The maximum absolute atomic E-state index is 6.05. The fourth-order valence-corrected chi connectivity index (χ4v) is 3.28. The molecular formula is C14H13BrCl2O. The molecule has 96 valence electrons. The highest BCUT2D eigenvalue weighted by Crippen LogP contribution is 2.39. The Morgan fingerprint density at radius 3 is 2.22 bits per heavy atom. The van der Waals surface area contributed by atoms with Crippen molar-refractivity contribution >= 4 is 39.1 Å². The first-order valence-corrected chi connectivity index (χ1v) is 7.24. The molecule has 1 aromatic carbocycles. The van der Waals surface area contributed by atoms with Crippen molar-refractivity contribution < 1.29 is 4.42 Å². The Bertz CT molecular complexity index is 590. The van der Waals surface area contributed by atoms with E-state index in [4.69, 9.17) is 27.6 Å². The summed E-state index contributed by atoms with van der Waals surface area (Å²) in [6.07, 6.45) is 0. The number of hydrogen-bond acceptors (Lipinski definition) is 1. The van der Waals surface area contributed by atoms with Crippen LogP contribution in [0.3, 0.4) is 0 Å². The van der Waals surface area contributed by atoms with E-state index in [1.54, 1.807) is 0 Å². The number of furan rings is 1.